The van der Waals surface area contributed by atoms with E-state index in [0.717, 1.165) is 15.0 Å². The molecule has 0 heterocycles. The van der Waals surface area contributed by atoms with Gasteiger partial charge in [-0.25, -0.2) is 0 Å². The molecule has 0 bridgehead atoms. The topological polar surface area (TPSA) is 0 Å². The van der Waals surface area contributed by atoms with E-state index in [1.807, 2.05) is 0 Å². The fourth-order valence-corrected chi connectivity index (χ4v) is 0. The van der Waals surface area contributed by atoms with Gasteiger partial charge in [-0.3, -0.25) is 0 Å². The van der Waals surface area contributed by atoms with Crippen molar-refractivity contribution in [2.75, 3.05) is 0 Å². The first-order chi connectivity index (χ1) is 1.91. The van der Waals surface area contributed by atoms with Gasteiger partial charge < -0.3 is 0 Å². The van der Waals surface area contributed by atoms with E-state index in [9.17, 15) is 0 Å². The molecule has 0 amide bonds. The van der Waals surface area contributed by atoms with E-state index >= 15 is 0 Å². The van der Waals surface area contributed by atoms with Gasteiger partial charge in [0.25, 0.3) is 0 Å². The van der Waals surface area contributed by atoms with Crippen LogP contribution in [0.2, 0.25) is 9.81 Å². The van der Waals surface area contributed by atoms with Gasteiger partial charge in [0.2, 0.25) is 0 Å². The molecule has 0 aliphatic carbocycles. The molecule has 0 aliphatic rings. The summed E-state index contributed by atoms with van der Waals surface area (Å²) in [5, 5.41) is 0. The van der Waals surface area contributed by atoms with Gasteiger partial charge >= 0.3 is 42.5 Å². The summed E-state index contributed by atoms with van der Waals surface area (Å²) in [6, 6.07) is 0. The van der Waals surface area contributed by atoms with Gasteiger partial charge in [-0.1, -0.05) is 0 Å². The molecule has 0 aromatic heterocycles. The minimum atomic E-state index is 0.917. The van der Waals surface area contributed by atoms with Gasteiger partial charge in [-0.2, -0.15) is 0 Å². The molecule has 0 atom stereocenters. The van der Waals surface area contributed by atoms with Crippen LogP contribution in [0.5, 0.6) is 0 Å². The van der Waals surface area contributed by atoms with Crippen molar-refractivity contribution >= 4 is 32.7 Å². The summed E-state index contributed by atoms with van der Waals surface area (Å²) < 4.78 is 1.38. The first-order valence-electron chi connectivity index (χ1n) is 1.40. The second-order valence-corrected chi connectivity index (χ2v) is 3.00. The van der Waals surface area contributed by atoms with Crippen molar-refractivity contribution in [3.8, 4) is 0 Å². The first kappa shape index (κ1) is 5.12. The van der Waals surface area contributed by atoms with Crippen LogP contribution in [-0.4, -0.2) is 32.7 Å². The van der Waals surface area contributed by atoms with Crippen molar-refractivity contribution in [1.29, 1.82) is 0 Å². The predicted molar refractivity (Wildman–Crippen MR) is 22.2 cm³/mol. The van der Waals surface area contributed by atoms with E-state index in [1.165, 1.54) is 3.99 Å². The molecule has 4 heavy (non-hydrogen) atoms. The molecule has 0 aromatic carbocycles. The summed E-state index contributed by atoms with van der Waals surface area (Å²) in [5.41, 5.74) is 0. The second kappa shape index (κ2) is 4.12. The standard InChI is InChI=1S/C2H5Se.Li/c1-3-2;/h1H2,2H3;. The second-order valence-electron chi connectivity index (χ2n) is 0.577. The summed E-state index contributed by atoms with van der Waals surface area (Å²) >= 11 is 3.12. The van der Waals surface area contributed by atoms with Gasteiger partial charge in [-0.05, 0) is 0 Å². The molecule has 0 unspecified atom stereocenters. The fourth-order valence-electron chi connectivity index (χ4n) is 0. The van der Waals surface area contributed by atoms with Crippen LogP contribution >= 0.6 is 0 Å². The average molecular weight is 115 g/mol. The van der Waals surface area contributed by atoms with Crippen LogP contribution < -0.4 is 0 Å². The van der Waals surface area contributed by atoms with Crippen LogP contribution in [0.15, 0.2) is 0 Å². The van der Waals surface area contributed by atoms with Crippen LogP contribution in [0, 0.1) is 0 Å². The molecule has 0 saturated heterocycles. The van der Waals surface area contributed by atoms with Crippen LogP contribution in [0.3, 0.4) is 0 Å². The van der Waals surface area contributed by atoms with Gasteiger partial charge in [0.15, 0.2) is 0 Å². The fraction of sp³-hybridized carbons (Fsp3) is 1.00. The Morgan fingerprint density at radius 3 is 2.25 bits per heavy atom. The van der Waals surface area contributed by atoms with Crippen LogP contribution in [-0.2, 0) is 0 Å². The predicted octanol–water partition coefficient (Wildman–Crippen LogP) is 0.283. The van der Waals surface area contributed by atoms with E-state index in [1.54, 1.807) is 0 Å². The Hall–Kier alpha value is 1.12. The van der Waals surface area contributed by atoms with Crippen molar-refractivity contribution in [2.45, 2.75) is 9.81 Å². The summed E-state index contributed by atoms with van der Waals surface area (Å²) in [5.74, 6) is 2.24. The molecule has 20 valence electrons. The van der Waals surface area contributed by atoms with Crippen molar-refractivity contribution < 1.29 is 0 Å². The van der Waals surface area contributed by atoms with E-state index in [4.69, 9.17) is 0 Å². The third kappa shape index (κ3) is 3.12. The maximum atomic E-state index is 2.24. The molecule has 0 N–H and O–H groups in total. The molecular weight excluding hydrogens is 110 g/mol. The zero-order valence-corrected chi connectivity index (χ0v) is 4.83. The molecule has 0 radical (unpaired) electrons. The third-order valence-corrected chi connectivity index (χ3v) is 1.50. The molecule has 0 nitrogen and oxygen atoms in total. The third-order valence-electron chi connectivity index (χ3n) is 0.289. The Morgan fingerprint density at radius 2 is 2.25 bits per heavy atom. The Morgan fingerprint density at radius 1 is 2.00 bits per heavy atom. The molecular formula is C2H5LiSe. The normalized spacial score (nSPS) is 7.75. The zero-order valence-electron chi connectivity index (χ0n) is 3.12. The van der Waals surface area contributed by atoms with Gasteiger partial charge in [0, 0.05) is 0 Å². The molecule has 2 heteroatoms. The molecule has 0 aromatic rings. The molecule has 0 aliphatic heterocycles. The van der Waals surface area contributed by atoms with Crippen LogP contribution in [0.25, 0.3) is 0 Å². The average Bonchev–Trinajstić information content (AvgIpc) is 1.37. The quantitative estimate of drug-likeness (QED) is 0.430. The summed E-state index contributed by atoms with van der Waals surface area (Å²) in [4.78, 5) is 0. The molecule has 0 spiro atoms. The Bertz CT molecular complexity index is 8.00. The SMILES string of the molecule is [Li][CH2][Se]C. The molecule has 0 saturated carbocycles. The van der Waals surface area contributed by atoms with Crippen LogP contribution in [0.1, 0.15) is 0 Å². The van der Waals surface area contributed by atoms with Crippen molar-refractivity contribution in [3.63, 3.8) is 0 Å². The van der Waals surface area contributed by atoms with E-state index in [-0.39, 0.29) is 0 Å². The number of hydrogen-bond acceptors (Lipinski definition) is 0. The van der Waals surface area contributed by atoms with Crippen molar-refractivity contribution in [3.05, 3.63) is 0 Å². The van der Waals surface area contributed by atoms with Crippen molar-refractivity contribution in [1.82, 2.24) is 0 Å². The number of hydrogen-bond donors (Lipinski definition) is 0. The summed E-state index contributed by atoms with van der Waals surface area (Å²) in [6.45, 7) is 0. The Balaban J connectivity index is 1.97. The van der Waals surface area contributed by atoms with Gasteiger partial charge in [-0.15, -0.1) is 0 Å². The Kier molecular flexibility index (Phi) is 5.27. The molecule has 0 rings (SSSR count). The van der Waals surface area contributed by atoms with Gasteiger partial charge in [0.1, 0.15) is 0 Å². The van der Waals surface area contributed by atoms with E-state index < -0.39 is 0 Å². The zero-order chi connectivity index (χ0) is 3.41. The van der Waals surface area contributed by atoms with E-state index in [0.29, 0.717) is 0 Å². The first-order valence-corrected chi connectivity index (χ1v) is 4.33. The number of rotatable bonds is 1. The van der Waals surface area contributed by atoms with Crippen molar-refractivity contribution in [2.24, 2.45) is 0 Å². The summed E-state index contributed by atoms with van der Waals surface area (Å²) in [7, 11) is 0. The Labute approximate surface area is 42.7 Å². The van der Waals surface area contributed by atoms with Crippen LogP contribution in [0.4, 0.5) is 0 Å². The monoisotopic (exact) mass is 116 g/mol. The van der Waals surface area contributed by atoms with E-state index in [2.05, 4.69) is 23.5 Å². The molecule has 0 fully saturated rings. The summed E-state index contributed by atoms with van der Waals surface area (Å²) in [6.07, 6.45) is 0. The van der Waals surface area contributed by atoms with Gasteiger partial charge in [0.05, 0.1) is 0 Å². The maximum absolute atomic E-state index is 2.24. The minimum absolute atomic E-state index is 0.917.